The second-order valence-corrected chi connectivity index (χ2v) is 18.0. The van der Waals surface area contributed by atoms with Crippen LogP contribution in [-0.4, -0.2) is 28.6 Å². The molecule has 5 rings (SSSR count). The quantitative estimate of drug-likeness (QED) is 0.198. The van der Waals surface area contributed by atoms with Gasteiger partial charge in [-0.15, -0.1) is 0 Å². The first-order valence-corrected chi connectivity index (χ1v) is 18.3. The highest BCUT2D eigenvalue weighted by Gasteiger charge is 2.40. The van der Waals surface area contributed by atoms with Crippen LogP contribution in [0.4, 0.5) is 0 Å². The van der Waals surface area contributed by atoms with Crippen LogP contribution in [0.25, 0.3) is 16.8 Å². The highest BCUT2D eigenvalue weighted by Crippen LogP contribution is 2.40. The highest BCUT2D eigenvalue weighted by molar-refractivity contribution is 6.74. The summed E-state index contributed by atoms with van der Waals surface area (Å²) in [5, 5.41) is 15.2. The fraction of sp³-hybridized carbons (Fsp3) is 0.457. The average molecular weight is 581 g/mol. The summed E-state index contributed by atoms with van der Waals surface area (Å²) in [5.41, 5.74) is 6.00. The van der Waals surface area contributed by atoms with Crippen LogP contribution in [-0.2, 0) is 17.3 Å². The van der Waals surface area contributed by atoms with Crippen molar-refractivity contribution in [3.8, 4) is 17.2 Å². The third-order valence-electron chi connectivity index (χ3n) is 9.43. The molecule has 0 amide bonds. The molecule has 0 aliphatic heterocycles. The van der Waals surface area contributed by atoms with E-state index in [0.717, 1.165) is 72.1 Å². The van der Waals surface area contributed by atoms with Gasteiger partial charge in [0.15, 0.2) is 8.32 Å². The van der Waals surface area contributed by atoms with Crippen molar-refractivity contribution in [1.29, 1.82) is 5.26 Å². The normalized spacial score (nSPS) is 17.8. The van der Waals surface area contributed by atoms with E-state index >= 15 is 0 Å². The van der Waals surface area contributed by atoms with E-state index < -0.39 is 8.32 Å². The van der Waals surface area contributed by atoms with E-state index in [9.17, 15) is 10.1 Å². The Bertz CT molecular complexity index is 1650. The SMILES string of the molecule is CCCc1c(Cc2cccc(-c3ccccc3)c2C#N)c(=O)n(C2CCC(O[Si](C)(C)C(C)(C)C)CC2)c2ccnn12. The highest BCUT2D eigenvalue weighted by atomic mass is 28.4. The molecule has 2 aromatic carbocycles. The summed E-state index contributed by atoms with van der Waals surface area (Å²) < 4.78 is 10.7. The first kappa shape index (κ1) is 30.0. The van der Waals surface area contributed by atoms with Crippen molar-refractivity contribution >= 4 is 14.0 Å². The van der Waals surface area contributed by atoms with Crippen molar-refractivity contribution in [3.63, 3.8) is 0 Å². The molecule has 1 saturated carbocycles. The third kappa shape index (κ3) is 5.75. The van der Waals surface area contributed by atoms with Crippen molar-refractivity contribution in [2.24, 2.45) is 0 Å². The number of fused-ring (bicyclic) bond motifs is 1. The van der Waals surface area contributed by atoms with E-state index in [1.54, 1.807) is 6.20 Å². The second-order valence-electron chi connectivity index (χ2n) is 13.3. The number of hydrogen-bond donors (Lipinski definition) is 0. The lowest BCUT2D eigenvalue weighted by Gasteiger charge is -2.41. The lowest BCUT2D eigenvalue weighted by molar-refractivity contribution is 0.118. The van der Waals surface area contributed by atoms with Crippen molar-refractivity contribution in [2.45, 2.75) is 103 Å². The third-order valence-corrected chi connectivity index (χ3v) is 14.0. The summed E-state index contributed by atoms with van der Waals surface area (Å²) in [6.07, 6.45) is 7.80. The maximum absolute atomic E-state index is 14.5. The zero-order chi connectivity index (χ0) is 30.1. The fourth-order valence-corrected chi connectivity index (χ4v) is 7.58. The van der Waals surface area contributed by atoms with Gasteiger partial charge in [0.1, 0.15) is 11.7 Å². The average Bonchev–Trinajstić information content (AvgIpc) is 3.44. The number of nitriles is 1. The molecule has 1 aliphatic rings. The molecule has 0 radical (unpaired) electrons. The van der Waals surface area contributed by atoms with Crippen LogP contribution >= 0.6 is 0 Å². The van der Waals surface area contributed by atoms with Gasteiger partial charge in [-0.3, -0.25) is 9.36 Å². The number of aryl methyl sites for hydroxylation is 1. The van der Waals surface area contributed by atoms with Gasteiger partial charge in [0.25, 0.3) is 5.56 Å². The molecule has 0 N–H and O–H groups in total. The van der Waals surface area contributed by atoms with Crippen LogP contribution < -0.4 is 5.56 Å². The van der Waals surface area contributed by atoms with Crippen LogP contribution in [0.3, 0.4) is 0 Å². The van der Waals surface area contributed by atoms with Gasteiger partial charge in [0.05, 0.1) is 17.5 Å². The molecule has 0 saturated heterocycles. The molecule has 2 heterocycles. The summed E-state index contributed by atoms with van der Waals surface area (Å²) in [5.74, 6) is 0. The first-order chi connectivity index (χ1) is 20.1. The molecule has 7 heteroatoms. The monoisotopic (exact) mass is 580 g/mol. The van der Waals surface area contributed by atoms with E-state index in [2.05, 4.69) is 46.9 Å². The standard InChI is InChI=1S/C35H44N4O2Si/c1-7-12-32-30(23-26-15-11-16-29(31(26)24-36)25-13-9-8-10-14-25)34(40)38(33-21-22-37-39(32)33)27-17-19-28(20-18-27)41-42(5,6)35(2,3)4/h8-11,13-16,21-22,27-28H,7,12,17-20,23H2,1-6H3. The molecular weight excluding hydrogens is 536 g/mol. The van der Waals surface area contributed by atoms with Crippen LogP contribution in [0.5, 0.6) is 0 Å². The van der Waals surface area contributed by atoms with Gasteiger partial charge in [-0.25, -0.2) is 4.52 Å². The van der Waals surface area contributed by atoms with Gasteiger partial charge in [0, 0.05) is 30.2 Å². The van der Waals surface area contributed by atoms with E-state index in [4.69, 9.17) is 9.52 Å². The predicted octanol–water partition coefficient (Wildman–Crippen LogP) is 8.08. The number of rotatable bonds is 8. The first-order valence-electron chi connectivity index (χ1n) is 15.4. The molecule has 0 atom stereocenters. The van der Waals surface area contributed by atoms with Crippen molar-refractivity contribution in [1.82, 2.24) is 14.2 Å². The van der Waals surface area contributed by atoms with Gasteiger partial charge in [-0.2, -0.15) is 10.4 Å². The Kier molecular flexibility index (Phi) is 8.59. The van der Waals surface area contributed by atoms with E-state index in [0.29, 0.717) is 12.0 Å². The number of nitrogens with zero attached hydrogens (tertiary/aromatic N) is 4. The summed E-state index contributed by atoms with van der Waals surface area (Å²) in [7, 11) is -1.85. The Labute approximate surface area is 251 Å². The number of aromatic nitrogens is 3. The summed E-state index contributed by atoms with van der Waals surface area (Å²) in [6.45, 7) is 13.6. The van der Waals surface area contributed by atoms with Gasteiger partial charge >= 0.3 is 0 Å². The summed E-state index contributed by atoms with van der Waals surface area (Å²) in [6, 6.07) is 20.5. The molecule has 4 aromatic rings. The van der Waals surface area contributed by atoms with Crippen molar-refractivity contribution in [3.05, 3.63) is 93.5 Å². The molecule has 220 valence electrons. The molecule has 1 fully saturated rings. The Morgan fingerprint density at radius 2 is 1.74 bits per heavy atom. The zero-order valence-electron chi connectivity index (χ0n) is 26.0. The smallest absolute Gasteiger partial charge is 0.257 e. The maximum atomic E-state index is 14.5. The van der Waals surface area contributed by atoms with Crippen LogP contribution in [0, 0.1) is 11.3 Å². The minimum atomic E-state index is -1.85. The van der Waals surface area contributed by atoms with E-state index in [1.807, 2.05) is 63.7 Å². The molecule has 0 unspecified atom stereocenters. The Hall–Kier alpha value is -3.47. The summed E-state index contributed by atoms with van der Waals surface area (Å²) >= 11 is 0. The lowest BCUT2D eigenvalue weighted by Crippen LogP contribution is -2.45. The minimum absolute atomic E-state index is 0.0502. The summed E-state index contributed by atoms with van der Waals surface area (Å²) in [4.78, 5) is 14.5. The Morgan fingerprint density at radius 1 is 1.02 bits per heavy atom. The number of hydrogen-bond acceptors (Lipinski definition) is 4. The van der Waals surface area contributed by atoms with E-state index in [1.165, 1.54) is 0 Å². The minimum Gasteiger partial charge on any atom is -0.414 e. The molecule has 42 heavy (non-hydrogen) atoms. The van der Waals surface area contributed by atoms with Gasteiger partial charge in [-0.1, -0.05) is 82.6 Å². The molecule has 1 aliphatic carbocycles. The predicted molar refractivity (Wildman–Crippen MR) is 172 cm³/mol. The Balaban J connectivity index is 1.53. The topological polar surface area (TPSA) is 72.3 Å². The van der Waals surface area contributed by atoms with Gasteiger partial charge in [-0.05, 0) is 66.9 Å². The van der Waals surface area contributed by atoms with Crippen LogP contribution in [0.1, 0.15) is 88.2 Å². The van der Waals surface area contributed by atoms with E-state index in [-0.39, 0.29) is 22.7 Å². The van der Waals surface area contributed by atoms with Crippen LogP contribution in [0.15, 0.2) is 65.6 Å². The molecule has 0 bridgehead atoms. The van der Waals surface area contributed by atoms with Crippen LogP contribution in [0.2, 0.25) is 18.1 Å². The molecule has 0 spiro atoms. The van der Waals surface area contributed by atoms with Crippen molar-refractivity contribution in [2.75, 3.05) is 0 Å². The van der Waals surface area contributed by atoms with Gasteiger partial charge in [0.2, 0.25) is 0 Å². The molecular formula is C35H44N4O2Si. The van der Waals surface area contributed by atoms with Crippen molar-refractivity contribution < 1.29 is 4.43 Å². The van der Waals surface area contributed by atoms with Gasteiger partial charge < -0.3 is 4.43 Å². The Morgan fingerprint density at radius 3 is 2.38 bits per heavy atom. The number of benzene rings is 2. The second kappa shape index (κ2) is 12.0. The molecule has 2 aromatic heterocycles. The maximum Gasteiger partial charge on any atom is 0.257 e. The molecule has 6 nitrogen and oxygen atoms in total. The fourth-order valence-electron chi connectivity index (χ4n) is 6.15. The zero-order valence-corrected chi connectivity index (χ0v) is 27.0. The largest absolute Gasteiger partial charge is 0.414 e. The lowest BCUT2D eigenvalue weighted by atomic mass is 9.91.